The van der Waals surface area contributed by atoms with Gasteiger partial charge < -0.3 is 109 Å². The van der Waals surface area contributed by atoms with E-state index in [2.05, 4.69) is 68.5 Å². The standard InChI is InChI=1S/C54H100N22O10/c1-34(69-48(81)40(20-26-60)74-47(80)36(63-2)14-3-6-21-55)45(78)67-32-44(77)70-41(17-11-25-59)53(86)76-29-13-19-43(76)52(85)75-42(30-35-31-64-33-68-35)51(84)73-38(16-5-8-23-57)49(82)72-39(18-12-28-66-54(61)62)50(83)71-37(15-4-7-22-56)46(79)65-27-10-9-24-58/h18,31,33-34,36-38,40-43,63H,3-17,19-30,32,55-60H2,1-2H3,(H,64,68)(H,65,79)(H,67,78)(H,69,81)(H,70,77)(H,71,83)(H,72,82)(H,73,84)(H,74,80)(H,75,85)(H4,61,62,66)/b39-18-/t34-,36-,37-,38-,40-,41+,42-,43-/m0/s1. The van der Waals surface area contributed by atoms with Gasteiger partial charge in [0, 0.05) is 37.9 Å². The molecule has 1 aromatic heterocycles. The van der Waals surface area contributed by atoms with Crippen LogP contribution in [0.5, 0.6) is 0 Å². The summed E-state index contributed by atoms with van der Waals surface area (Å²) in [5, 5.41) is 37.1. The average molecular weight is 1220 g/mol. The third-order valence-corrected chi connectivity index (χ3v) is 14.0. The van der Waals surface area contributed by atoms with Crippen LogP contribution in [0.1, 0.15) is 122 Å². The van der Waals surface area contributed by atoms with Crippen LogP contribution in [0.25, 0.3) is 0 Å². The van der Waals surface area contributed by atoms with E-state index in [1.54, 1.807) is 7.05 Å². The van der Waals surface area contributed by atoms with E-state index in [1.807, 2.05) is 0 Å². The predicted octanol–water partition coefficient (Wildman–Crippen LogP) is -6.22. The second-order valence-corrected chi connectivity index (χ2v) is 21.0. The molecule has 2 heterocycles. The first-order valence-electron chi connectivity index (χ1n) is 29.9. The molecule has 0 aromatic carbocycles. The fraction of sp³-hybridized carbons (Fsp3) is 0.704. The molecule has 1 aromatic rings. The van der Waals surface area contributed by atoms with Crippen LogP contribution in [-0.2, 0) is 54.4 Å². The first kappa shape index (κ1) is 74.7. The van der Waals surface area contributed by atoms with Crippen molar-refractivity contribution < 1.29 is 47.9 Å². The molecule has 0 unspecified atom stereocenters. The Morgan fingerprint density at radius 2 is 1.19 bits per heavy atom. The number of likely N-dealkylation sites (tertiary alicyclic amines) is 1. The summed E-state index contributed by atoms with van der Waals surface area (Å²) in [5.74, 6) is -7.12. The van der Waals surface area contributed by atoms with Gasteiger partial charge in [-0.1, -0.05) is 12.5 Å². The van der Waals surface area contributed by atoms with Crippen LogP contribution in [0.3, 0.4) is 0 Å². The molecule has 0 aliphatic carbocycles. The lowest BCUT2D eigenvalue weighted by molar-refractivity contribution is -0.142. The van der Waals surface area contributed by atoms with Crippen LogP contribution in [0, 0.1) is 5.41 Å². The number of likely N-dealkylation sites (N-methyl/N-ethyl adjacent to an activating group) is 1. The summed E-state index contributed by atoms with van der Waals surface area (Å²) in [6, 6.07) is -8.80. The Hall–Kier alpha value is -7.36. The summed E-state index contributed by atoms with van der Waals surface area (Å²) in [6.07, 6.45) is 10.5. The number of H-pyrrole nitrogens is 1. The van der Waals surface area contributed by atoms with Gasteiger partial charge >= 0.3 is 0 Å². The zero-order chi connectivity index (χ0) is 63.8. The van der Waals surface area contributed by atoms with Gasteiger partial charge in [0.1, 0.15) is 48.0 Å². The minimum atomic E-state index is -1.37. The highest BCUT2D eigenvalue weighted by Gasteiger charge is 2.40. The summed E-state index contributed by atoms with van der Waals surface area (Å²) < 4.78 is 0. The lowest BCUT2D eigenvalue weighted by atomic mass is 10.0. The zero-order valence-electron chi connectivity index (χ0n) is 50.2. The summed E-state index contributed by atoms with van der Waals surface area (Å²) in [6.45, 7) is 3.06. The van der Waals surface area contributed by atoms with Gasteiger partial charge in [0.05, 0.1) is 18.9 Å². The van der Waals surface area contributed by atoms with Crippen LogP contribution < -0.4 is 98.6 Å². The molecule has 27 N–H and O–H groups in total. The quantitative estimate of drug-likeness (QED) is 0.0125. The van der Waals surface area contributed by atoms with E-state index in [4.69, 9.17) is 45.5 Å². The molecule has 8 atom stereocenters. The molecule has 32 nitrogen and oxygen atoms in total. The largest absolute Gasteiger partial charge is 0.370 e. The molecule has 2 rings (SSSR count). The van der Waals surface area contributed by atoms with Gasteiger partial charge in [-0.2, -0.15) is 0 Å². The summed E-state index contributed by atoms with van der Waals surface area (Å²) in [7, 11) is 1.62. The molecule has 0 spiro atoms. The monoisotopic (exact) mass is 1220 g/mol. The molecule has 32 heteroatoms. The van der Waals surface area contributed by atoms with Crippen LogP contribution in [0.15, 0.2) is 24.3 Å². The van der Waals surface area contributed by atoms with E-state index in [0.717, 1.165) is 0 Å². The molecule has 0 saturated carbocycles. The lowest BCUT2D eigenvalue weighted by Gasteiger charge is -2.30. The maximum atomic E-state index is 14.5. The number of guanidine groups is 1. The van der Waals surface area contributed by atoms with Crippen LogP contribution in [0.2, 0.25) is 0 Å². The summed E-state index contributed by atoms with van der Waals surface area (Å²) >= 11 is 0. The molecule has 486 valence electrons. The van der Waals surface area contributed by atoms with Crippen LogP contribution >= 0.6 is 0 Å². The average Bonchev–Trinajstić information content (AvgIpc) is 4.22. The highest BCUT2D eigenvalue weighted by molar-refractivity contribution is 6.02. The third-order valence-electron chi connectivity index (χ3n) is 14.0. The maximum Gasteiger partial charge on any atom is 0.268 e. The SMILES string of the molecule is CN[C@@H](CCCCN)C(=O)N[C@@H](CCN)C(=O)N[C@@H](C)C(=O)NCC(=O)N[C@H](CCCN)C(=O)N1CCC[C@H]1C(=O)N[C@@H](Cc1cnc[nH]1)C(=O)N[C@@H](CCCCN)C(=O)N/C(=C\CCNC(=N)N)C(=O)N[C@@H](CCCCN)C(=O)NCCCCN. The number of imidazole rings is 1. The smallest absolute Gasteiger partial charge is 0.268 e. The maximum absolute atomic E-state index is 14.5. The number of amides is 10. The molecular weight excluding hydrogens is 1120 g/mol. The highest BCUT2D eigenvalue weighted by Crippen LogP contribution is 2.21. The molecule has 0 bridgehead atoms. The molecule has 86 heavy (non-hydrogen) atoms. The fourth-order valence-corrected chi connectivity index (χ4v) is 9.21. The summed E-state index contributed by atoms with van der Waals surface area (Å²) in [4.78, 5) is 146. The zero-order valence-corrected chi connectivity index (χ0v) is 50.2. The number of nitrogens with one attached hydrogen (secondary N) is 13. The Morgan fingerprint density at radius 3 is 1.77 bits per heavy atom. The summed E-state index contributed by atoms with van der Waals surface area (Å²) in [5.41, 5.74) is 39.9. The number of unbranched alkanes of at least 4 members (excludes halogenated alkanes) is 4. The van der Waals surface area contributed by atoms with E-state index < -0.39 is 114 Å². The van der Waals surface area contributed by atoms with Crippen molar-refractivity contribution in [2.24, 2.45) is 40.1 Å². The van der Waals surface area contributed by atoms with Gasteiger partial charge in [-0.05, 0) is 156 Å². The molecular formula is C54H100N22O10. The van der Waals surface area contributed by atoms with Crippen molar-refractivity contribution in [3.63, 3.8) is 0 Å². The second kappa shape index (κ2) is 43.3. The predicted molar refractivity (Wildman–Crippen MR) is 323 cm³/mol. The Balaban J connectivity index is 2.32. The van der Waals surface area contributed by atoms with E-state index in [9.17, 15) is 47.9 Å². The molecule has 1 aliphatic heterocycles. The van der Waals surface area contributed by atoms with Crippen molar-refractivity contribution in [2.45, 2.75) is 171 Å². The number of hydrogen-bond acceptors (Lipinski definition) is 19. The number of carbonyl (C=O) groups is 10. The molecule has 10 amide bonds. The van der Waals surface area contributed by atoms with Crippen LogP contribution in [-0.4, -0.2) is 201 Å². The van der Waals surface area contributed by atoms with Gasteiger partial charge in [0.2, 0.25) is 53.2 Å². The Labute approximate surface area is 503 Å². The van der Waals surface area contributed by atoms with Gasteiger partial charge in [-0.25, -0.2) is 4.98 Å². The Bertz CT molecular complexity index is 2310. The van der Waals surface area contributed by atoms with Gasteiger partial charge in [0.25, 0.3) is 5.91 Å². The van der Waals surface area contributed by atoms with Gasteiger partial charge in [-0.15, -0.1) is 0 Å². The number of hydrogen-bond donors (Lipinski definition) is 20. The number of rotatable bonds is 45. The third kappa shape index (κ3) is 28.7. The lowest BCUT2D eigenvalue weighted by Crippen LogP contribution is -2.59. The van der Waals surface area contributed by atoms with Crippen molar-refractivity contribution >= 4 is 65.0 Å². The second-order valence-electron chi connectivity index (χ2n) is 21.0. The topological polar surface area (TPSA) is 541 Å². The van der Waals surface area contributed by atoms with Crippen molar-refractivity contribution in [3.8, 4) is 0 Å². The fourth-order valence-electron chi connectivity index (χ4n) is 9.21. The van der Waals surface area contributed by atoms with Gasteiger partial charge in [0.15, 0.2) is 5.96 Å². The number of nitrogens with zero attached hydrogens (tertiary/aromatic N) is 2. The normalized spacial score (nSPS) is 15.5. The molecule has 1 fully saturated rings. The minimum Gasteiger partial charge on any atom is -0.370 e. The number of nitrogens with two attached hydrogens (primary N) is 7. The van der Waals surface area contributed by atoms with Crippen molar-refractivity contribution in [1.29, 1.82) is 5.41 Å². The van der Waals surface area contributed by atoms with E-state index in [-0.39, 0.29) is 95.7 Å². The Kier molecular flexibility index (Phi) is 37.6. The van der Waals surface area contributed by atoms with E-state index in [0.29, 0.717) is 96.1 Å². The first-order chi connectivity index (χ1) is 41.3. The van der Waals surface area contributed by atoms with E-state index in [1.165, 1.54) is 30.4 Å². The molecule has 1 saturated heterocycles. The minimum absolute atomic E-state index is 0.0401. The first-order valence-corrected chi connectivity index (χ1v) is 29.9. The van der Waals surface area contributed by atoms with Gasteiger partial charge in [-0.3, -0.25) is 53.4 Å². The molecule has 0 radical (unpaired) electrons. The Morgan fingerprint density at radius 1 is 0.616 bits per heavy atom. The van der Waals surface area contributed by atoms with Crippen molar-refractivity contribution in [2.75, 3.05) is 72.5 Å². The van der Waals surface area contributed by atoms with Crippen molar-refractivity contribution in [3.05, 3.63) is 30.0 Å². The highest BCUT2D eigenvalue weighted by atomic mass is 16.2. The number of carbonyl (C=O) groups excluding carboxylic acids is 10. The van der Waals surface area contributed by atoms with Crippen molar-refractivity contribution in [1.82, 2.24) is 73.4 Å². The van der Waals surface area contributed by atoms with E-state index >= 15 is 0 Å². The number of aromatic nitrogens is 2. The number of aromatic amines is 1. The molecule has 1 aliphatic rings. The van der Waals surface area contributed by atoms with Crippen LogP contribution in [0.4, 0.5) is 0 Å².